The maximum atomic E-state index is 11.6. The van der Waals surface area contributed by atoms with Crippen LogP contribution in [-0.2, 0) is 4.79 Å². The lowest BCUT2D eigenvalue weighted by atomic mass is 10.2. The predicted molar refractivity (Wildman–Crippen MR) is 78.5 cm³/mol. The largest absolute Gasteiger partial charge is 0.338 e. The zero-order valence-corrected chi connectivity index (χ0v) is 12.4. The van der Waals surface area contributed by atoms with Crippen LogP contribution in [0.4, 0.5) is 4.79 Å². The van der Waals surface area contributed by atoms with E-state index in [1.54, 1.807) is 0 Å². The first-order chi connectivity index (χ1) is 9.02. The predicted octanol–water partition coefficient (Wildman–Crippen LogP) is 2.63. The molecular weight excluding hydrogens is 260 g/mol. The Morgan fingerprint density at radius 2 is 2.00 bits per heavy atom. The van der Waals surface area contributed by atoms with Gasteiger partial charge in [-0.15, -0.1) is 11.8 Å². The number of urea groups is 1. The number of hydrogen-bond acceptors (Lipinski definition) is 3. The Balaban J connectivity index is 2.41. The molecule has 1 aromatic rings. The van der Waals surface area contributed by atoms with Crippen LogP contribution >= 0.6 is 11.8 Å². The molecular formula is C14H20N2O2S. The smallest absolute Gasteiger partial charge is 0.321 e. The minimum Gasteiger partial charge on any atom is -0.338 e. The molecule has 0 atom stereocenters. The van der Waals surface area contributed by atoms with E-state index < -0.39 is 6.03 Å². The van der Waals surface area contributed by atoms with Crippen molar-refractivity contribution in [1.82, 2.24) is 10.6 Å². The van der Waals surface area contributed by atoms with Crippen molar-refractivity contribution < 1.29 is 9.59 Å². The summed E-state index contributed by atoms with van der Waals surface area (Å²) in [7, 11) is 0. The standard InChI is InChI=1S/C14H20N2O2S/c1-4-7-15-14(18)16-13(17)9-19-12-8-10(2)5-6-11(12)3/h5-6,8H,4,7,9H2,1-3H3,(H2,15,16,17,18). The van der Waals surface area contributed by atoms with Crippen LogP contribution in [0.2, 0.25) is 0 Å². The van der Waals surface area contributed by atoms with Gasteiger partial charge in [-0.3, -0.25) is 10.1 Å². The van der Waals surface area contributed by atoms with Crippen molar-refractivity contribution in [2.75, 3.05) is 12.3 Å². The SMILES string of the molecule is CCCNC(=O)NC(=O)CSc1cc(C)ccc1C. The fraction of sp³-hybridized carbons (Fsp3) is 0.429. The molecule has 0 heterocycles. The van der Waals surface area contributed by atoms with E-state index >= 15 is 0 Å². The van der Waals surface area contributed by atoms with E-state index in [-0.39, 0.29) is 11.7 Å². The third-order valence-corrected chi connectivity index (χ3v) is 3.65. The van der Waals surface area contributed by atoms with Crippen molar-refractivity contribution in [3.63, 3.8) is 0 Å². The maximum Gasteiger partial charge on any atom is 0.321 e. The van der Waals surface area contributed by atoms with Crippen LogP contribution < -0.4 is 10.6 Å². The number of nitrogens with one attached hydrogen (secondary N) is 2. The van der Waals surface area contributed by atoms with Gasteiger partial charge in [0.05, 0.1) is 5.75 Å². The summed E-state index contributed by atoms with van der Waals surface area (Å²) in [5.41, 5.74) is 2.30. The first-order valence-corrected chi connectivity index (χ1v) is 7.29. The van der Waals surface area contributed by atoms with Crippen LogP contribution in [0.1, 0.15) is 24.5 Å². The Bertz CT molecular complexity index is 461. The molecule has 0 aromatic heterocycles. The number of amides is 3. The van der Waals surface area contributed by atoms with Gasteiger partial charge in [0, 0.05) is 11.4 Å². The number of carbonyl (C=O) groups is 2. The molecule has 0 fully saturated rings. The Hall–Kier alpha value is -1.49. The summed E-state index contributed by atoms with van der Waals surface area (Å²) in [6, 6.07) is 5.69. The van der Waals surface area contributed by atoms with E-state index in [2.05, 4.69) is 10.6 Å². The van der Waals surface area contributed by atoms with Gasteiger partial charge >= 0.3 is 6.03 Å². The molecule has 0 aliphatic carbocycles. The third kappa shape index (κ3) is 5.79. The lowest BCUT2D eigenvalue weighted by Crippen LogP contribution is -2.40. The first kappa shape index (κ1) is 15.6. The summed E-state index contributed by atoms with van der Waals surface area (Å²) < 4.78 is 0. The van der Waals surface area contributed by atoms with Gasteiger partial charge in [0.25, 0.3) is 0 Å². The van der Waals surface area contributed by atoms with E-state index in [1.165, 1.54) is 11.8 Å². The zero-order valence-electron chi connectivity index (χ0n) is 11.6. The monoisotopic (exact) mass is 280 g/mol. The van der Waals surface area contributed by atoms with Gasteiger partial charge in [0.1, 0.15) is 0 Å². The van der Waals surface area contributed by atoms with Crippen molar-refractivity contribution in [3.05, 3.63) is 29.3 Å². The highest BCUT2D eigenvalue weighted by Gasteiger charge is 2.08. The van der Waals surface area contributed by atoms with Crippen molar-refractivity contribution in [1.29, 1.82) is 0 Å². The van der Waals surface area contributed by atoms with Gasteiger partial charge in [0.2, 0.25) is 5.91 Å². The molecule has 0 radical (unpaired) electrons. The van der Waals surface area contributed by atoms with Crippen molar-refractivity contribution in [2.45, 2.75) is 32.1 Å². The number of benzene rings is 1. The number of rotatable bonds is 5. The van der Waals surface area contributed by atoms with E-state index in [0.717, 1.165) is 22.4 Å². The molecule has 104 valence electrons. The molecule has 2 N–H and O–H groups in total. The molecule has 3 amide bonds. The van der Waals surface area contributed by atoms with Crippen LogP contribution in [-0.4, -0.2) is 24.2 Å². The van der Waals surface area contributed by atoms with Crippen molar-refractivity contribution >= 4 is 23.7 Å². The molecule has 0 bridgehead atoms. The minimum absolute atomic E-state index is 0.240. The van der Waals surface area contributed by atoms with Crippen LogP contribution in [0.15, 0.2) is 23.1 Å². The lowest BCUT2D eigenvalue weighted by Gasteiger charge is -2.07. The summed E-state index contributed by atoms with van der Waals surface area (Å²) in [5.74, 6) is -0.0383. The molecule has 1 rings (SSSR count). The van der Waals surface area contributed by atoms with E-state index in [9.17, 15) is 9.59 Å². The zero-order chi connectivity index (χ0) is 14.3. The molecule has 5 heteroatoms. The average molecular weight is 280 g/mol. The molecule has 0 unspecified atom stereocenters. The number of aryl methyl sites for hydroxylation is 2. The normalized spacial score (nSPS) is 10.1. The van der Waals surface area contributed by atoms with Gasteiger partial charge in [-0.25, -0.2) is 4.79 Å². The molecule has 4 nitrogen and oxygen atoms in total. The van der Waals surface area contributed by atoms with Crippen LogP contribution in [0, 0.1) is 13.8 Å². The van der Waals surface area contributed by atoms with Crippen molar-refractivity contribution in [2.24, 2.45) is 0 Å². The quantitative estimate of drug-likeness (QED) is 0.815. The number of imide groups is 1. The highest BCUT2D eigenvalue weighted by Crippen LogP contribution is 2.23. The Labute approximate surface area is 118 Å². The van der Waals surface area contributed by atoms with E-state index in [0.29, 0.717) is 6.54 Å². The van der Waals surface area contributed by atoms with Gasteiger partial charge in [0.15, 0.2) is 0 Å². The Morgan fingerprint density at radius 1 is 1.26 bits per heavy atom. The van der Waals surface area contributed by atoms with Crippen LogP contribution in [0.3, 0.4) is 0 Å². The van der Waals surface area contributed by atoms with Gasteiger partial charge < -0.3 is 5.32 Å². The third-order valence-electron chi connectivity index (χ3n) is 2.49. The fourth-order valence-electron chi connectivity index (χ4n) is 1.45. The molecule has 0 aliphatic heterocycles. The molecule has 1 aromatic carbocycles. The Morgan fingerprint density at radius 3 is 2.68 bits per heavy atom. The number of hydrogen-bond donors (Lipinski definition) is 2. The summed E-state index contributed by atoms with van der Waals surface area (Å²) in [6.45, 7) is 6.55. The minimum atomic E-state index is -0.423. The topological polar surface area (TPSA) is 58.2 Å². The second-order valence-corrected chi connectivity index (χ2v) is 5.38. The number of thioether (sulfide) groups is 1. The van der Waals surface area contributed by atoms with E-state index in [4.69, 9.17) is 0 Å². The summed E-state index contributed by atoms with van der Waals surface area (Å²) in [5, 5.41) is 4.91. The first-order valence-electron chi connectivity index (χ1n) is 6.30. The molecule has 0 aliphatic rings. The fourth-order valence-corrected chi connectivity index (χ4v) is 2.38. The molecule has 0 saturated carbocycles. The Kier molecular flexibility index (Phi) is 6.42. The second kappa shape index (κ2) is 7.84. The molecule has 0 spiro atoms. The van der Waals surface area contributed by atoms with Crippen LogP contribution in [0.5, 0.6) is 0 Å². The van der Waals surface area contributed by atoms with E-state index in [1.807, 2.05) is 39.0 Å². The van der Waals surface area contributed by atoms with Crippen molar-refractivity contribution in [3.8, 4) is 0 Å². The van der Waals surface area contributed by atoms with Crippen LogP contribution in [0.25, 0.3) is 0 Å². The number of carbonyl (C=O) groups excluding carboxylic acids is 2. The maximum absolute atomic E-state index is 11.6. The van der Waals surface area contributed by atoms with Gasteiger partial charge in [-0.05, 0) is 31.9 Å². The summed E-state index contributed by atoms with van der Waals surface area (Å²) in [4.78, 5) is 24.0. The second-order valence-electron chi connectivity index (χ2n) is 4.36. The molecule has 19 heavy (non-hydrogen) atoms. The summed E-state index contributed by atoms with van der Waals surface area (Å²) >= 11 is 1.44. The van der Waals surface area contributed by atoms with Gasteiger partial charge in [-0.2, -0.15) is 0 Å². The summed E-state index contributed by atoms with van der Waals surface area (Å²) in [6.07, 6.45) is 0.846. The highest BCUT2D eigenvalue weighted by atomic mass is 32.2. The highest BCUT2D eigenvalue weighted by molar-refractivity contribution is 8.00. The van der Waals surface area contributed by atoms with Gasteiger partial charge in [-0.1, -0.05) is 24.6 Å². The lowest BCUT2D eigenvalue weighted by molar-refractivity contribution is -0.117. The average Bonchev–Trinajstić information content (AvgIpc) is 2.37. The molecule has 0 saturated heterocycles.